The van der Waals surface area contributed by atoms with Crippen molar-refractivity contribution >= 4 is 40.3 Å². The van der Waals surface area contributed by atoms with Crippen LogP contribution in [0, 0.1) is 5.92 Å². The van der Waals surface area contributed by atoms with Gasteiger partial charge in [0.2, 0.25) is 0 Å². The van der Waals surface area contributed by atoms with Crippen LogP contribution in [0.15, 0.2) is 53.6 Å². The molecule has 2 aromatic carbocycles. The van der Waals surface area contributed by atoms with E-state index in [1.54, 1.807) is 44.3 Å². The number of amides is 2. The second-order valence-corrected chi connectivity index (χ2v) is 11.6. The SMILES string of the molecule is CCCCOc1ccc(/C=N\NC(=O)[C@H](C)Oc2ccc(C(=O)Nc3sc4c(c3C(=O)OCC)CC[C@@H](C)C4)cc2)cc1. The Labute approximate surface area is 256 Å². The van der Waals surface area contributed by atoms with Gasteiger partial charge in [0.05, 0.1) is 25.0 Å². The van der Waals surface area contributed by atoms with Crippen LogP contribution in [0.3, 0.4) is 0 Å². The minimum atomic E-state index is -0.821. The Kier molecular flexibility index (Phi) is 11.3. The summed E-state index contributed by atoms with van der Waals surface area (Å²) in [5, 5.41) is 7.45. The Morgan fingerprint density at radius 3 is 2.49 bits per heavy atom. The molecular weight excluding hydrogens is 566 g/mol. The predicted octanol–water partition coefficient (Wildman–Crippen LogP) is 6.40. The highest BCUT2D eigenvalue weighted by Crippen LogP contribution is 2.40. The number of fused-ring (bicyclic) bond motifs is 1. The summed E-state index contributed by atoms with van der Waals surface area (Å²) in [6, 6.07) is 13.9. The molecule has 0 saturated heterocycles. The Hall–Kier alpha value is -4.18. The number of hydrogen-bond donors (Lipinski definition) is 2. The van der Waals surface area contributed by atoms with Gasteiger partial charge in [-0.25, -0.2) is 10.2 Å². The molecule has 0 bridgehead atoms. The van der Waals surface area contributed by atoms with E-state index in [4.69, 9.17) is 14.2 Å². The number of carbonyl (C=O) groups excluding carboxylic acids is 3. The number of esters is 1. The molecule has 2 atom stereocenters. The molecule has 0 spiro atoms. The van der Waals surface area contributed by atoms with Crippen LogP contribution >= 0.6 is 11.3 Å². The van der Waals surface area contributed by atoms with E-state index in [2.05, 4.69) is 29.7 Å². The average molecular weight is 606 g/mol. The fourth-order valence-corrected chi connectivity index (χ4v) is 6.02. The molecule has 3 aromatic rings. The van der Waals surface area contributed by atoms with E-state index in [0.717, 1.165) is 53.9 Å². The lowest BCUT2D eigenvalue weighted by atomic mass is 9.88. The number of nitrogens with zero attached hydrogens (tertiary/aromatic N) is 1. The summed E-state index contributed by atoms with van der Waals surface area (Å²) in [6.45, 7) is 8.64. The summed E-state index contributed by atoms with van der Waals surface area (Å²) in [6.07, 6.45) is 5.48. The standard InChI is InChI=1S/C33H39N3O6S/c1-5-7-18-41-25-13-9-23(10-14-25)20-34-36-30(37)22(4)42-26-15-11-24(12-16-26)31(38)35-32-29(33(39)40-6-2)27-17-8-21(3)19-28(27)43-32/h9-16,20-22H,5-8,17-19H2,1-4H3,(H,35,38)(H,36,37)/b34-20-/t21-,22+/m1/s1. The molecule has 0 unspecified atom stereocenters. The van der Waals surface area contributed by atoms with Gasteiger partial charge in [0.1, 0.15) is 16.5 Å². The monoisotopic (exact) mass is 605 g/mol. The third-order valence-corrected chi connectivity index (χ3v) is 8.22. The van der Waals surface area contributed by atoms with Crippen molar-refractivity contribution in [2.75, 3.05) is 18.5 Å². The second kappa shape index (κ2) is 15.3. The molecule has 0 radical (unpaired) electrons. The molecule has 1 aliphatic rings. The zero-order valence-electron chi connectivity index (χ0n) is 25.1. The maximum absolute atomic E-state index is 13.1. The molecule has 2 amide bonds. The Bertz CT molecular complexity index is 1430. The first-order valence-electron chi connectivity index (χ1n) is 14.7. The van der Waals surface area contributed by atoms with E-state index in [1.165, 1.54) is 11.3 Å². The van der Waals surface area contributed by atoms with Gasteiger partial charge in [0.15, 0.2) is 6.10 Å². The Morgan fingerprint density at radius 2 is 1.79 bits per heavy atom. The lowest BCUT2D eigenvalue weighted by Crippen LogP contribution is -2.33. The van der Waals surface area contributed by atoms with Gasteiger partial charge in [-0.05, 0) is 105 Å². The number of rotatable bonds is 13. The summed E-state index contributed by atoms with van der Waals surface area (Å²) in [4.78, 5) is 39.5. The number of nitrogens with one attached hydrogen (secondary N) is 2. The normalized spacial score (nSPS) is 14.9. The summed E-state index contributed by atoms with van der Waals surface area (Å²) >= 11 is 1.45. The third kappa shape index (κ3) is 8.67. The Morgan fingerprint density at radius 1 is 1.07 bits per heavy atom. The van der Waals surface area contributed by atoms with Crippen LogP contribution in [-0.2, 0) is 22.4 Å². The van der Waals surface area contributed by atoms with Gasteiger partial charge < -0.3 is 19.5 Å². The molecule has 0 fully saturated rings. The first kappa shape index (κ1) is 31.7. The molecule has 1 heterocycles. The summed E-state index contributed by atoms with van der Waals surface area (Å²) in [7, 11) is 0. The summed E-state index contributed by atoms with van der Waals surface area (Å²) in [5.74, 6) is 0.581. The van der Waals surface area contributed by atoms with Gasteiger partial charge in [-0.3, -0.25) is 9.59 Å². The van der Waals surface area contributed by atoms with Crippen LogP contribution in [0.4, 0.5) is 5.00 Å². The van der Waals surface area contributed by atoms with Crippen molar-refractivity contribution in [1.29, 1.82) is 0 Å². The lowest BCUT2D eigenvalue weighted by molar-refractivity contribution is -0.127. The number of carbonyl (C=O) groups is 3. The van der Waals surface area contributed by atoms with E-state index in [9.17, 15) is 14.4 Å². The van der Waals surface area contributed by atoms with Crippen molar-refractivity contribution in [3.05, 3.63) is 75.7 Å². The van der Waals surface area contributed by atoms with Crippen LogP contribution in [0.25, 0.3) is 0 Å². The molecule has 1 aliphatic carbocycles. The molecule has 0 saturated carbocycles. The predicted molar refractivity (Wildman–Crippen MR) is 169 cm³/mol. The van der Waals surface area contributed by atoms with Crippen molar-refractivity contribution in [3.8, 4) is 11.5 Å². The summed E-state index contributed by atoms with van der Waals surface area (Å²) in [5.41, 5.74) is 5.15. The van der Waals surface area contributed by atoms with Crippen molar-refractivity contribution in [2.45, 2.75) is 65.9 Å². The first-order chi connectivity index (χ1) is 20.8. The molecule has 0 aliphatic heterocycles. The van der Waals surface area contributed by atoms with Crippen LogP contribution in [0.5, 0.6) is 11.5 Å². The zero-order valence-corrected chi connectivity index (χ0v) is 25.9. The van der Waals surface area contributed by atoms with Gasteiger partial charge >= 0.3 is 5.97 Å². The molecule has 9 nitrogen and oxygen atoms in total. The van der Waals surface area contributed by atoms with Gasteiger partial charge in [-0.15, -0.1) is 11.3 Å². The highest BCUT2D eigenvalue weighted by molar-refractivity contribution is 7.17. The summed E-state index contributed by atoms with van der Waals surface area (Å²) < 4.78 is 16.7. The average Bonchev–Trinajstić information content (AvgIpc) is 3.35. The highest BCUT2D eigenvalue weighted by atomic mass is 32.1. The van der Waals surface area contributed by atoms with Crippen LogP contribution in [-0.4, -0.2) is 43.3 Å². The third-order valence-electron chi connectivity index (χ3n) is 7.05. The molecule has 10 heteroatoms. The molecule has 228 valence electrons. The van der Waals surface area contributed by atoms with Gasteiger partial charge in [0.25, 0.3) is 11.8 Å². The minimum Gasteiger partial charge on any atom is -0.494 e. The largest absolute Gasteiger partial charge is 0.494 e. The van der Waals surface area contributed by atoms with E-state index in [1.807, 2.05) is 24.3 Å². The highest BCUT2D eigenvalue weighted by Gasteiger charge is 2.29. The Balaban J connectivity index is 1.31. The van der Waals surface area contributed by atoms with Crippen LogP contribution < -0.4 is 20.2 Å². The fraction of sp³-hybridized carbons (Fsp3) is 0.394. The van der Waals surface area contributed by atoms with E-state index in [-0.39, 0.29) is 12.5 Å². The van der Waals surface area contributed by atoms with Gasteiger partial charge in [0, 0.05) is 10.4 Å². The van der Waals surface area contributed by atoms with E-state index >= 15 is 0 Å². The van der Waals surface area contributed by atoms with Crippen molar-refractivity contribution < 1.29 is 28.6 Å². The number of unbranched alkanes of at least 4 members (excludes halogenated alkanes) is 1. The molecular formula is C33H39N3O6S. The minimum absolute atomic E-state index is 0.264. The number of benzene rings is 2. The van der Waals surface area contributed by atoms with Crippen LogP contribution in [0.2, 0.25) is 0 Å². The van der Waals surface area contributed by atoms with Crippen LogP contribution in [0.1, 0.15) is 83.7 Å². The van der Waals surface area contributed by atoms with Crippen molar-refractivity contribution in [2.24, 2.45) is 11.0 Å². The smallest absolute Gasteiger partial charge is 0.341 e. The number of anilines is 1. The number of thiophene rings is 1. The second-order valence-electron chi connectivity index (χ2n) is 10.5. The molecule has 1 aromatic heterocycles. The van der Waals surface area contributed by atoms with Gasteiger partial charge in [-0.1, -0.05) is 20.3 Å². The first-order valence-corrected chi connectivity index (χ1v) is 15.6. The molecule has 2 N–H and O–H groups in total. The van der Waals surface area contributed by atoms with Crippen molar-refractivity contribution in [1.82, 2.24) is 5.43 Å². The van der Waals surface area contributed by atoms with E-state index in [0.29, 0.717) is 34.4 Å². The number of hydrazone groups is 1. The van der Waals surface area contributed by atoms with E-state index < -0.39 is 18.0 Å². The van der Waals surface area contributed by atoms with Gasteiger partial charge in [-0.2, -0.15) is 5.10 Å². The fourth-order valence-electron chi connectivity index (χ4n) is 4.62. The quantitative estimate of drug-likeness (QED) is 0.101. The topological polar surface area (TPSA) is 115 Å². The zero-order chi connectivity index (χ0) is 30.8. The molecule has 4 rings (SSSR count). The number of ether oxygens (including phenoxy) is 3. The number of hydrogen-bond acceptors (Lipinski definition) is 8. The maximum atomic E-state index is 13.1. The maximum Gasteiger partial charge on any atom is 0.341 e. The molecule has 43 heavy (non-hydrogen) atoms. The van der Waals surface area contributed by atoms with Crippen molar-refractivity contribution in [3.63, 3.8) is 0 Å². The lowest BCUT2D eigenvalue weighted by Gasteiger charge is -2.18.